The number of halogens is 1. The molecule has 2 heterocycles. The molecule has 20 heavy (non-hydrogen) atoms. The minimum absolute atomic E-state index is 0.108. The van der Waals surface area contributed by atoms with Crippen LogP contribution in [0.25, 0.3) is 11.0 Å². The number of aliphatic hydroxyl groups is 1. The summed E-state index contributed by atoms with van der Waals surface area (Å²) in [6, 6.07) is 2.78. The lowest BCUT2D eigenvalue weighted by Crippen LogP contribution is -2.57. The zero-order chi connectivity index (χ0) is 13.7. The van der Waals surface area contributed by atoms with Crippen LogP contribution >= 0.6 is 0 Å². The van der Waals surface area contributed by atoms with Crippen LogP contribution in [-0.2, 0) is 5.60 Å². The fraction of sp³-hybridized carbons (Fsp3) is 0.571. The molecular weight excluding hydrogens is 259 g/mol. The summed E-state index contributed by atoms with van der Waals surface area (Å²) in [6.07, 6.45) is 3.03. The molecule has 1 aliphatic heterocycles. The van der Waals surface area contributed by atoms with Gasteiger partial charge in [0.25, 0.3) is 0 Å². The van der Waals surface area contributed by atoms with E-state index in [-0.39, 0.29) is 17.7 Å². The topological polar surface area (TPSA) is 73.8 Å². The quantitative estimate of drug-likeness (QED) is 0.734. The van der Waals surface area contributed by atoms with Crippen molar-refractivity contribution in [2.75, 3.05) is 13.1 Å². The van der Waals surface area contributed by atoms with Gasteiger partial charge in [0.05, 0.1) is 5.60 Å². The van der Waals surface area contributed by atoms with E-state index >= 15 is 0 Å². The highest BCUT2D eigenvalue weighted by atomic mass is 19.1. The number of fused-ring (bicyclic) bond motifs is 3. The van der Waals surface area contributed by atoms with Gasteiger partial charge in [0, 0.05) is 36.6 Å². The molecule has 2 bridgehead atoms. The zero-order valence-electron chi connectivity index (χ0n) is 11.1. The summed E-state index contributed by atoms with van der Waals surface area (Å²) in [4.78, 5) is 0. The molecule has 2 fully saturated rings. The standard InChI is InChI=1S/C14H17FN4O/c15-10-4-11(13-12(5-10)17-19-18-13)14(20)8-2-1-3-9(14)7-16-6-8/h4-5,8-9,16,20H,1-3,6-7H2,(H,17,18,19). The minimum atomic E-state index is -0.999. The number of nitrogens with zero attached hydrogens (tertiary/aromatic N) is 2. The van der Waals surface area contributed by atoms with Crippen molar-refractivity contribution in [2.24, 2.45) is 11.8 Å². The average molecular weight is 276 g/mol. The van der Waals surface area contributed by atoms with Gasteiger partial charge in [0.15, 0.2) is 0 Å². The van der Waals surface area contributed by atoms with E-state index in [4.69, 9.17) is 0 Å². The van der Waals surface area contributed by atoms with Gasteiger partial charge in [-0.3, -0.25) is 0 Å². The molecule has 2 aliphatic rings. The summed E-state index contributed by atoms with van der Waals surface area (Å²) in [7, 11) is 0. The fourth-order valence-electron chi connectivity index (χ4n) is 3.99. The molecule has 1 aromatic carbocycles. The van der Waals surface area contributed by atoms with Gasteiger partial charge in [-0.15, -0.1) is 0 Å². The molecule has 6 heteroatoms. The lowest BCUT2D eigenvalue weighted by molar-refractivity contribution is -0.116. The van der Waals surface area contributed by atoms with E-state index in [9.17, 15) is 9.50 Å². The molecule has 1 aromatic heterocycles. The molecule has 2 unspecified atom stereocenters. The van der Waals surface area contributed by atoms with E-state index in [1.165, 1.54) is 12.1 Å². The van der Waals surface area contributed by atoms with Crippen LogP contribution in [0.15, 0.2) is 12.1 Å². The second kappa shape index (κ2) is 4.23. The second-order valence-electron chi connectivity index (χ2n) is 5.95. The van der Waals surface area contributed by atoms with Gasteiger partial charge >= 0.3 is 0 Å². The number of hydrogen-bond donors (Lipinski definition) is 3. The summed E-state index contributed by atoms with van der Waals surface area (Å²) >= 11 is 0. The fourth-order valence-corrected chi connectivity index (χ4v) is 3.99. The lowest BCUT2D eigenvalue weighted by atomic mass is 9.63. The van der Waals surface area contributed by atoms with Crippen molar-refractivity contribution in [2.45, 2.75) is 24.9 Å². The van der Waals surface area contributed by atoms with Gasteiger partial charge in [0.2, 0.25) is 0 Å². The average Bonchev–Trinajstić information content (AvgIpc) is 2.85. The van der Waals surface area contributed by atoms with Crippen molar-refractivity contribution in [1.29, 1.82) is 0 Å². The third-order valence-corrected chi connectivity index (χ3v) is 4.95. The van der Waals surface area contributed by atoms with E-state index in [1.54, 1.807) is 0 Å². The number of hydrogen-bond acceptors (Lipinski definition) is 4. The summed E-state index contributed by atoms with van der Waals surface area (Å²) in [5.41, 5.74) is 0.663. The third kappa shape index (κ3) is 1.55. The normalized spacial score (nSPS) is 33.5. The Morgan fingerprint density at radius 3 is 2.70 bits per heavy atom. The number of aromatic nitrogens is 3. The van der Waals surface area contributed by atoms with Crippen LogP contribution < -0.4 is 5.32 Å². The van der Waals surface area contributed by atoms with E-state index in [0.717, 1.165) is 32.4 Å². The zero-order valence-corrected chi connectivity index (χ0v) is 11.1. The molecule has 3 N–H and O–H groups in total. The van der Waals surface area contributed by atoms with Crippen LogP contribution in [-0.4, -0.2) is 33.6 Å². The molecule has 4 rings (SSSR count). The summed E-state index contributed by atoms with van der Waals surface area (Å²) in [5.74, 6) is -0.153. The first-order valence-corrected chi connectivity index (χ1v) is 7.13. The predicted molar refractivity (Wildman–Crippen MR) is 71.4 cm³/mol. The van der Waals surface area contributed by atoms with Crippen LogP contribution in [0.3, 0.4) is 0 Å². The third-order valence-electron chi connectivity index (χ3n) is 4.95. The maximum Gasteiger partial charge on any atom is 0.125 e. The molecule has 2 atom stereocenters. The Balaban J connectivity index is 1.94. The molecule has 1 aliphatic carbocycles. The molecule has 0 radical (unpaired) electrons. The molecule has 2 aromatic rings. The Morgan fingerprint density at radius 2 is 1.95 bits per heavy atom. The smallest absolute Gasteiger partial charge is 0.125 e. The van der Waals surface area contributed by atoms with E-state index in [2.05, 4.69) is 20.7 Å². The molecule has 1 saturated carbocycles. The number of H-pyrrole nitrogens is 1. The maximum absolute atomic E-state index is 13.9. The van der Waals surface area contributed by atoms with Crippen molar-refractivity contribution in [3.8, 4) is 0 Å². The number of aromatic amines is 1. The highest BCUT2D eigenvalue weighted by molar-refractivity contribution is 5.78. The van der Waals surface area contributed by atoms with Gasteiger partial charge in [0.1, 0.15) is 16.9 Å². The highest BCUT2D eigenvalue weighted by Crippen LogP contribution is 2.48. The van der Waals surface area contributed by atoms with Crippen LogP contribution in [0, 0.1) is 17.7 Å². The second-order valence-corrected chi connectivity index (χ2v) is 5.95. The van der Waals surface area contributed by atoms with Crippen LogP contribution in [0.2, 0.25) is 0 Å². The first kappa shape index (κ1) is 12.2. The maximum atomic E-state index is 13.9. The summed E-state index contributed by atoms with van der Waals surface area (Å²) in [5, 5.41) is 25.4. The number of rotatable bonds is 1. The van der Waals surface area contributed by atoms with Gasteiger partial charge < -0.3 is 10.4 Å². The first-order valence-electron chi connectivity index (χ1n) is 7.13. The highest BCUT2D eigenvalue weighted by Gasteiger charge is 2.50. The Hall–Kier alpha value is -1.53. The summed E-state index contributed by atoms with van der Waals surface area (Å²) < 4.78 is 13.9. The van der Waals surface area contributed by atoms with Gasteiger partial charge in [-0.1, -0.05) is 6.42 Å². The largest absolute Gasteiger partial charge is 0.384 e. The van der Waals surface area contributed by atoms with E-state index < -0.39 is 5.60 Å². The van der Waals surface area contributed by atoms with Crippen molar-refractivity contribution < 1.29 is 9.50 Å². The molecular formula is C14H17FN4O. The van der Waals surface area contributed by atoms with Crippen LogP contribution in [0.5, 0.6) is 0 Å². The number of nitrogens with one attached hydrogen (secondary N) is 2. The van der Waals surface area contributed by atoms with Gasteiger partial charge in [-0.25, -0.2) is 4.39 Å². The SMILES string of the molecule is OC1(c2cc(F)cc3n[nH]nc23)C2CCCC1CNC2. The first-order chi connectivity index (χ1) is 9.69. The number of piperidine rings is 1. The lowest BCUT2D eigenvalue weighted by Gasteiger charge is -2.50. The van der Waals surface area contributed by atoms with Gasteiger partial charge in [-0.2, -0.15) is 15.4 Å². The van der Waals surface area contributed by atoms with Crippen molar-refractivity contribution >= 4 is 11.0 Å². The summed E-state index contributed by atoms with van der Waals surface area (Å²) in [6.45, 7) is 1.53. The van der Waals surface area contributed by atoms with Crippen molar-refractivity contribution in [3.63, 3.8) is 0 Å². The Kier molecular flexibility index (Phi) is 2.59. The molecule has 5 nitrogen and oxygen atoms in total. The molecule has 0 spiro atoms. The Morgan fingerprint density at radius 1 is 1.20 bits per heavy atom. The van der Waals surface area contributed by atoms with Crippen LogP contribution in [0.4, 0.5) is 4.39 Å². The van der Waals surface area contributed by atoms with Crippen LogP contribution in [0.1, 0.15) is 24.8 Å². The Labute approximate surface area is 115 Å². The van der Waals surface area contributed by atoms with Crippen molar-refractivity contribution in [3.05, 3.63) is 23.5 Å². The Bertz CT molecular complexity index is 634. The number of benzene rings is 1. The van der Waals surface area contributed by atoms with Crippen molar-refractivity contribution in [1.82, 2.24) is 20.7 Å². The molecule has 106 valence electrons. The van der Waals surface area contributed by atoms with Gasteiger partial charge in [-0.05, 0) is 18.9 Å². The molecule has 1 saturated heterocycles. The minimum Gasteiger partial charge on any atom is -0.384 e. The predicted octanol–water partition coefficient (Wildman–Crippen LogP) is 1.30. The van der Waals surface area contributed by atoms with E-state index in [1.807, 2.05) is 0 Å². The monoisotopic (exact) mass is 276 g/mol. The molecule has 0 amide bonds. The van der Waals surface area contributed by atoms with E-state index in [0.29, 0.717) is 16.6 Å².